The van der Waals surface area contributed by atoms with Gasteiger partial charge >= 0.3 is 13.8 Å². The summed E-state index contributed by atoms with van der Waals surface area (Å²) in [7, 11) is -4.64. The molecule has 5 N–H and O–H groups in total. The molecule has 0 spiro atoms. The second kappa shape index (κ2) is 7.66. The van der Waals surface area contributed by atoms with E-state index in [-0.39, 0.29) is 11.7 Å². The summed E-state index contributed by atoms with van der Waals surface area (Å²) in [6, 6.07) is -0.874. The summed E-state index contributed by atoms with van der Waals surface area (Å²) in [5.41, 5.74) is 0. The van der Waals surface area contributed by atoms with Gasteiger partial charge in [-0.3, -0.25) is 4.79 Å². The topological polar surface area (TPSA) is 144 Å². The van der Waals surface area contributed by atoms with E-state index >= 15 is 0 Å². The number of aliphatic carboxylic acids is 1. The highest BCUT2D eigenvalue weighted by molar-refractivity contribution is 7.80. The van der Waals surface area contributed by atoms with Gasteiger partial charge in [-0.05, 0) is 0 Å². The molecule has 0 saturated carbocycles. The first-order chi connectivity index (χ1) is 6.57. The van der Waals surface area contributed by atoms with Crippen molar-refractivity contribution in [1.82, 2.24) is 5.32 Å². The summed E-state index contributed by atoms with van der Waals surface area (Å²) in [5.74, 6) is -1.32. The van der Waals surface area contributed by atoms with E-state index in [0.717, 1.165) is 0 Å². The number of carbonyl (C=O) groups is 2. The minimum Gasteiger partial charge on any atom is -0.480 e. The number of carboxylic acids is 1. The summed E-state index contributed by atoms with van der Waals surface area (Å²) < 4.78 is 8.88. The van der Waals surface area contributed by atoms with Gasteiger partial charge in [-0.25, -0.2) is 9.36 Å². The molecule has 0 aliphatic carbocycles. The van der Waals surface area contributed by atoms with E-state index in [1.807, 2.05) is 0 Å². The van der Waals surface area contributed by atoms with Crippen LogP contribution in [-0.2, 0) is 14.2 Å². The third-order valence-electron chi connectivity index (χ3n) is 0.858. The molecular formula is C5H12NO7PS. The Morgan fingerprint density at radius 1 is 1.40 bits per heavy atom. The van der Waals surface area contributed by atoms with Gasteiger partial charge in [0, 0.05) is 12.7 Å². The smallest absolute Gasteiger partial charge is 0.466 e. The molecular weight excluding hydrogens is 249 g/mol. The Morgan fingerprint density at radius 2 is 1.73 bits per heavy atom. The van der Waals surface area contributed by atoms with E-state index in [9.17, 15) is 9.59 Å². The van der Waals surface area contributed by atoms with Crippen LogP contribution < -0.4 is 5.32 Å². The molecule has 1 atom stereocenters. The summed E-state index contributed by atoms with van der Waals surface area (Å²) >= 11 is 3.73. The normalized spacial score (nSPS) is 12.1. The SMILES string of the molecule is CC(=O)NC(CS)C(=O)O.O=P(O)(O)O. The Morgan fingerprint density at radius 3 is 1.80 bits per heavy atom. The van der Waals surface area contributed by atoms with Crippen LogP contribution in [0.15, 0.2) is 0 Å². The average molecular weight is 261 g/mol. The molecule has 1 amide bonds. The number of hydrogen-bond donors (Lipinski definition) is 6. The summed E-state index contributed by atoms with van der Waals surface area (Å²) in [6.07, 6.45) is 0. The van der Waals surface area contributed by atoms with Crippen molar-refractivity contribution in [2.24, 2.45) is 0 Å². The number of nitrogens with one attached hydrogen (secondary N) is 1. The fourth-order valence-corrected chi connectivity index (χ4v) is 0.678. The minimum absolute atomic E-state index is 0.106. The Bertz CT molecular complexity index is 256. The molecule has 0 radical (unpaired) electrons. The van der Waals surface area contributed by atoms with E-state index in [1.54, 1.807) is 0 Å². The molecule has 0 aromatic heterocycles. The van der Waals surface area contributed by atoms with Crippen LogP contribution in [0.1, 0.15) is 6.92 Å². The van der Waals surface area contributed by atoms with E-state index in [4.69, 9.17) is 24.4 Å². The van der Waals surface area contributed by atoms with Crippen LogP contribution in [0.3, 0.4) is 0 Å². The number of rotatable bonds is 3. The Balaban J connectivity index is 0. The molecule has 0 aliphatic rings. The van der Waals surface area contributed by atoms with Crippen molar-refractivity contribution in [2.45, 2.75) is 13.0 Å². The molecule has 0 aromatic carbocycles. The van der Waals surface area contributed by atoms with Crippen LogP contribution in [-0.4, -0.2) is 43.5 Å². The number of carboxylic acid groups (broad SMARTS) is 1. The van der Waals surface area contributed by atoms with Crippen molar-refractivity contribution in [3.63, 3.8) is 0 Å². The van der Waals surface area contributed by atoms with Crippen molar-refractivity contribution in [2.75, 3.05) is 5.75 Å². The lowest BCUT2D eigenvalue weighted by molar-refractivity contribution is -0.140. The maximum Gasteiger partial charge on any atom is 0.466 e. The van der Waals surface area contributed by atoms with Crippen molar-refractivity contribution in [1.29, 1.82) is 0 Å². The second-order valence-corrected chi connectivity index (χ2v) is 3.68. The standard InChI is InChI=1S/C5H9NO3S.H3O4P/c1-3(7)6-4(2-10)5(8)9;1-5(2,3)4/h4,10H,2H2,1H3,(H,6,7)(H,8,9);(H3,1,2,3,4). The molecule has 8 nitrogen and oxygen atoms in total. The monoisotopic (exact) mass is 261 g/mol. The lowest BCUT2D eigenvalue weighted by atomic mass is 10.3. The molecule has 0 fully saturated rings. The van der Waals surface area contributed by atoms with Gasteiger partial charge in [-0.2, -0.15) is 12.6 Å². The first-order valence-electron chi connectivity index (χ1n) is 3.47. The van der Waals surface area contributed by atoms with Gasteiger partial charge < -0.3 is 25.1 Å². The molecule has 0 bridgehead atoms. The molecule has 0 aromatic rings. The highest BCUT2D eigenvalue weighted by Gasteiger charge is 2.15. The molecule has 1 unspecified atom stereocenters. The zero-order valence-electron chi connectivity index (χ0n) is 7.69. The van der Waals surface area contributed by atoms with Gasteiger partial charge in [-0.1, -0.05) is 0 Å². The highest BCUT2D eigenvalue weighted by Crippen LogP contribution is 2.25. The lowest BCUT2D eigenvalue weighted by Crippen LogP contribution is -2.40. The molecule has 0 saturated heterocycles. The largest absolute Gasteiger partial charge is 0.480 e. The summed E-state index contributed by atoms with van der Waals surface area (Å²) in [6.45, 7) is 1.26. The van der Waals surface area contributed by atoms with Crippen LogP contribution in [0.25, 0.3) is 0 Å². The zero-order chi connectivity index (χ0) is 12.6. The van der Waals surface area contributed by atoms with Gasteiger partial charge in [0.1, 0.15) is 6.04 Å². The molecule has 10 heteroatoms. The van der Waals surface area contributed by atoms with Crippen molar-refractivity contribution >= 4 is 32.3 Å². The van der Waals surface area contributed by atoms with Gasteiger partial charge in [-0.15, -0.1) is 0 Å². The maximum absolute atomic E-state index is 10.3. The molecule has 15 heavy (non-hydrogen) atoms. The molecule has 0 aliphatic heterocycles. The predicted molar refractivity (Wildman–Crippen MR) is 53.4 cm³/mol. The van der Waals surface area contributed by atoms with Crippen LogP contribution in [0.5, 0.6) is 0 Å². The Hall–Kier alpha value is -0.600. The summed E-state index contributed by atoms with van der Waals surface area (Å²) in [5, 5.41) is 10.6. The fourth-order valence-electron chi connectivity index (χ4n) is 0.431. The van der Waals surface area contributed by atoms with Crippen LogP contribution in [0, 0.1) is 0 Å². The quantitative estimate of drug-likeness (QED) is 0.270. The van der Waals surface area contributed by atoms with Crippen LogP contribution >= 0.6 is 20.5 Å². The van der Waals surface area contributed by atoms with Crippen LogP contribution in [0.4, 0.5) is 0 Å². The molecule has 90 valence electrons. The van der Waals surface area contributed by atoms with Crippen LogP contribution in [0.2, 0.25) is 0 Å². The first kappa shape index (κ1) is 16.8. The fraction of sp³-hybridized carbons (Fsp3) is 0.600. The number of thiol groups is 1. The second-order valence-electron chi connectivity index (χ2n) is 2.29. The number of phosphoric acid groups is 1. The molecule has 0 rings (SSSR count). The minimum atomic E-state index is -4.64. The van der Waals surface area contributed by atoms with Gasteiger partial charge in [0.05, 0.1) is 0 Å². The third-order valence-corrected chi connectivity index (χ3v) is 1.22. The Kier molecular flexibility index (Phi) is 8.59. The van der Waals surface area contributed by atoms with E-state index < -0.39 is 19.8 Å². The number of hydrogen-bond acceptors (Lipinski definition) is 4. The van der Waals surface area contributed by atoms with E-state index in [1.165, 1.54) is 6.92 Å². The summed E-state index contributed by atoms with van der Waals surface area (Å²) in [4.78, 5) is 42.1. The van der Waals surface area contributed by atoms with E-state index in [0.29, 0.717) is 0 Å². The van der Waals surface area contributed by atoms with Crippen molar-refractivity contribution < 1.29 is 33.9 Å². The van der Waals surface area contributed by atoms with Crippen molar-refractivity contribution in [3.05, 3.63) is 0 Å². The van der Waals surface area contributed by atoms with Gasteiger partial charge in [0.2, 0.25) is 5.91 Å². The van der Waals surface area contributed by atoms with Gasteiger partial charge in [0.25, 0.3) is 0 Å². The third kappa shape index (κ3) is 19.7. The van der Waals surface area contributed by atoms with E-state index in [2.05, 4.69) is 17.9 Å². The number of amides is 1. The average Bonchev–Trinajstić information content (AvgIpc) is 1.95. The highest BCUT2D eigenvalue weighted by atomic mass is 32.1. The predicted octanol–water partition coefficient (Wildman–Crippen LogP) is -1.42. The molecule has 0 heterocycles. The van der Waals surface area contributed by atoms with Gasteiger partial charge in [0.15, 0.2) is 0 Å². The lowest BCUT2D eigenvalue weighted by Gasteiger charge is -2.08. The Labute approximate surface area is 91.0 Å². The van der Waals surface area contributed by atoms with Crippen molar-refractivity contribution in [3.8, 4) is 0 Å². The first-order valence-corrected chi connectivity index (χ1v) is 5.66. The maximum atomic E-state index is 10.3. The zero-order valence-corrected chi connectivity index (χ0v) is 9.48. The number of carbonyl (C=O) groups excluding carboxylic acids is 1.